The Morgan fingerprint density at radius 3 is 2.30 bits per heavy atom. The maximum Gasteiger partial charge on any atom is 0.416 e. The highest BCUT2D eigenvalue weighted by atomic mass is 19.4. The number of hydrogen-bond donors (Lipinski definition) is 1. The molecule has 2 atom stereocenters. The van der Waals surface area contributed by atoms with Gasteiger partial charge in [0, 0.05) is 23.9 Å². The summed E-state index contributed by atoms with van der Waals surface area (Å²) in [6.07, 6.45) is -8.95. The molecule has 1 aliphatic heterocycles. The monoisotopic (exact) mass is 662 g/mol. The molecule has 250 valence electrons. The number of alkyl halides is 6. The van der Waals surface area contributed by atoms with E-state index in [1.165, 1.54) is 31.1 Å². The fourth-order valence-electron chi connectivity index (χ4n) is 6.22. The molecule has 1 aromatic heterocycles. The number of halogens is 6. The van der Waals surface area contributed by atoms with Crippen molar-refractivity contribution >= 4 is 17.6 Å². The Labute approximate surface area is 266 Å². The summed E-state index contributed by atoms with van der Waals surface area (Å²) < 4.78 is 92.5. The number of pyridine rings is 1. The highest BCUT2D eigenvalue weighted by Gasteiger charge is 2.44. The predicted molar refractivity (Wildman–Crippen MR) is 160 cm³/mol. The Balaban J connectivity index is 1.55. The van der Waals surface area contributed by atoms with Gasteiger partial charge >= 0.3 is 24.4 Å². The minimum absolute atomic E-state index is 0.00222. The topological polar surface area (TPSA) is 89.0 Å². The third kappa shape index (κ3) is 7.08. The molecule has 2 aliphatic rings. The average molecular weight is 663 g/mol. The van der Waals surface area contributed by atoms with E-state index < -0.39 is 53.3 Å². The van der Waals surface area contributed by atoms with Crippen molar-refractivity contribution < 1.29 is 50.5 Å². The summed E-state index contributed by atoms with van der Waals surface area (Å²) in [6, 6.07) is 8.50. The number of allylic oxidation sites excluding steroid dienone is 1. The van der Waals surface area contributed by atoms with Crippen molar-refractivity contribution in [1.29, 1.82) is 0 Å². The Hall–Kier alpha value is -4.55. The van der Waals surface area contributed by atoms with Crippen LogP contribution in [0.2, 0.25) is 0 Å². The van der Waals surface area contributed by atoms with Crippen LogP contribution in [0.4, 0.5) is 31.1 Å². The number of nitrogens with zero attached hydrogens (tertiary/aromatic N) is 2. The Morgan fingerprint density at radius 2 is 1.70 bits per heavy atom. The largest absolute Gasteiger partial charge is 0.481 e. The molecule has 2 heterocycles. The number of carboxylic acid groups (broad SMARTS) is 1. The van der Waals surface area contributed by atoms with Crippen molar-refractivity contribution in [1.82, 2.24) is 9.88 Å². The average Bonchev–Trinajstić information content (AvgIpc) is 3.28. The SMILES string of the molecule is COc1ncc(-c2cccc(C(=O)O)c2)cc1C1=C(CN2C(=O)O[C@H](c3cc(C(F)(F)F)cc(C(F)(F)F)c3)[C@@H]2C)CC(C)(C)CC1. The lowest BCUT2D eigenvalue weighted by Gasteiger charge is -2.35. The number of aromatic nitrogens is 1. The molecule has 0 unspecified atom stereocenters. The van der Waals surface area contributed by atoms with Gasteiger partial charge in [-0.2, -0.15) is 26.3 Å². The molecule has 0 spiro atoms. The molecule has 1 fully saturated rings. The summed E-state index contributed by atoms with van der Waals surface area (Å²) >= 11 is 0. The predicted octanol–water partition coefficient (Wildman–Crippen LogP) is 9.04. The van der Waals surface area contributed by atoms with Gasteiger partial charge in [-0.25, -0.2) is 14.6 Å². The number of carbonyl (C=O) groups excluding carboxylic acids is 1. The van der Waals surface area contributed by atoms with Crippen molar-refractivity contribution in [2.24, 2.45) is 5.41 Å². The molecule has 1 saturated heterocycles. The highest BCUT2D eigenvalue weighted by molar-refractivity contribution is 5.89. The number of amides is 1. The fraction of sp³-hybridized carbons (Fsp3) is 0.382. The van der Waals surface area contributed by atoms with Gasteiger partial charge in [-0.15, -0.1) is 0 Å². The van der Waals surface area contributed by atoms with Crippen LogP contribution in [-0.2, 0) is 17.1 Å². The van der Waals surface area contributed by atoms with E-state index in [0.29, 0.717) is 47.5 Å². The molecule has 5 rings (SSSR count). The molecule has 1 amide bonds. The summed E-state index contributed by atoms with van der Waals surface area (Å²) in [5.74, 6) is -0.786. The molecule has 47 heavy (non-hydrogen) atoms. The van der Waals surface area contributed by atoms with Gasteiger partial charge in [-0.1, -0.05) is 26.0 Å². The van der Waals surface area contributed by atoms with Crippen molar-refractivity contribution in [3.05, 3.63) is 88.1 Å². The van der Waals surface area contributed by atoms with Gasteiger partial charge in [0.2, 0.25) is 5.88 Å². The van der Waals surface area contributed by atoms with Gasteiger partial charge in [0.15, 0.2) is 0 Å². The lowest BCUT2D eigenvalue weighted by molar-refractivity contribution is -0.143. The Kier molecular flexibility index (Phi) is 8.80. The van der Waals surface area contributed by atoms with Crippen LogP contribution in [0.1, 0.15) is 78.7 Å². The summed E-state index contributed by atoms with van der Waals surface area (Å²) in [7, 11) is 1.46. The van der Waals surface area contributed by atoms with Gasteiger partial charge in [0.05, 0.1) is 29.8 Å². The molecule has 2 aromatic carbocycles. The standard InChI is InChI=1S/C34H32F6N2O5/c1-18-28(21-11-24(33(35,36)37)14-25(12-21)34(38,39)40)47-31(45)42(18)17-23-15-32(2,3)9-8-26(23)27-13-22(16-41-29(27)46-4)19-6-5-7-20(10-19)30(43)44/h5-7,10-14,16,18,28H,8-9,15,17H2,1-4H3,(H,43,44)/t18-,28-/m0/s1. The van der Waals surface area contributed by atoms with E-state index in [0.717, 1.165) is 17.6 Å². The van der Waals surface area contributed by atoms with Crippen LogP contribution in [0.15, 0.2) is 60.3 Å². The van der Waals surface area contributed by atoms with Crippen LogP contribution in [0, 0.1) is 5.41 Å². The van der Waals surface area contributed by atoms with Crippen molar-refractivity contribution in [3.63, 3.8) is 0 Å². The van der Waals surface area contributed by atoms with Gasteiger partial charge in [-0.05, 0) is 90.3 Å². The number of methoxy groups -OCH3 is 1. The number of carboxylic acids is 1. The van der Waals surface area contributed by atoms with E-state index in [4.69, 9.17) is 9.47 Å². The van der Waals surface area contributed by atoms with Crippen LogP contribution in [-0.4, -0.2) is 46.7 Å². The van der Waals surface area contributed by atoms with Gasteiger partial charge in [0.25, 0.3) is 0 Å². The second kappa shape index (κ2) is 12.2. The first-order valence-electron chi connectivity index (χ1n) is 14.7. The maximum atomic E-state index is 13.6. The lowest BCUT2D eigenvalue weighted by Crippen LogP contribution is -2.35. The molecular weight excluding hydrogens is 630 g/mol. The summed E-state index contributed by atoms with van der Waals surface area (Å²) in [4.78, 5) is 30.6. The highest BCUT2D eigenvalue weighted by Crippen LogP contribution is 2.47. The van der Waals surface area contributed by atoms with Crippen molar-refractivity contribution in [2.45, 2.75) is 64.5 Å². The zero-order chi connectivity index (χ0) is 34.5. The second-order valence-electron chi connectivity index (χ2n) is 12.6. The molecule has 3 aromatic rings. The van der Waals surface area contributed by atoms with Gasteiger partial charge in [0.1, 0.15) is 6.10 Å². The Morgan fingerprint density at radius 1 is 1.04 bits per heavy atom. The number of carbonyl (C=O) groups is 2. The number of benzene rings is 2. The Bertz CT molecular complexity index is 1720. The molecule has 1 N–H and O–H groups in total. The summed E-state index contributed by atoms with van der Waals surface area (Å²) in [5.41, 5.74) is 0.0110. The van der Waals surface area contributed by atoms with Crippen LogP contribution < -0.4 is 4.74 Å². The number of cyclic esters (lactones) is 1. The summed E-state index contributed by atoms with van der Waals surface area (Å²) in [5, 5.41) is 9.46. The zero-order valence-electron chi connectivity index (χ0n) is 25.9. The van der Waals surface area contributed by atoms with E-state index in [2.05, 4.69) is 18.8 Å². The minimum Gasteiger partial charge on any atom is -0.481 e. The van der Waals surface area contributed by atoms with E-state index in [9.17, 15) is 41.0 Å². The molecule has 13 heteroatoms. The number of aromatic carboxylic acids is 1. The number of rotatable bonds is 7. The molecule has 0 radical (unpaired) electrons. The summed E-state index contributed by atoms with van der Waals surface area (Å²) in [6.45, 7) is 5.64. The van der Waals surface area contributed by atoms with E-state index >= 15 is 0 Å². The van der Waals surface area contributed by atoms with Crippen molar-refractivity contribution in [2.75, 3.05) is 13.7 Å². The van der Waals surface area contributed by atoms with E-state index in [1.54, 1.807) is 18.3 Å². The van der Waals surface area contributed by atoms with Crippen LogP contribution >= 0.6 is 0 Å². The zero-order valence-corrected chi connectivity index (χ0v) is 25.9. The first-order chi connectivity index (χ1) is 21.9. The first kappa shape index (κ1) is 33.8. The fourth-order valence-corrected chi connectivity index (χ4v) is 6.22. The van der Waals surface area contributed by atoms with Crippen molar-refractivity contribution in [3.8, 4) is 17.0 Å². The first-order valence-corrected chi connectivity index (χ1v) is 14.7. The third-order valence-electron chi connectivity index (χ3n) is 8.67. The smallest absolute Gasteiger partial charge is 0.416 e. The number of hydrogen-bond acceptors (Lipinski definition) is 5. The number of ether oxygens (including phenoxy) is 2. The molecule has 0 saturated carbocycles. The minimum atomic E-state index is -5.05. The molecule has 7 nitrogen and oxygen atoms in total. The lowest BCUT2D eigenvalue weighted by atomic mass is 9.72. The third-order valence-corrected chi connectivity index (χ3v) is 8.67. The second-order valence-corrected chi connectivity index (χ2v) is 12.6. The molecular formula is C34H32F6N2O5. The van der Waals surface area contributed by atoms with Gasteiger partial charge in [-0.3, -0.25) is 4.90 Å². The van der Waals surface area contributed by atoms with Crippen LogP contribution in [0.25, 0.3) is 16.7 Å². The maximum absolute atomic E-state index is 13.6. The molecule has 1 aliphatic carbocycles. The van der Waals surface area contributed by atoms with Gasteiger partial charge < -0.3 is 14.6 Å². The van der Waals surface area contributed by atoms with Crippen LogP contribution in [0.3, 0.4) is 0 Å². The molecule has 0 bridgehead atoms. The normalized spacial score (nSPS) is 20.0. The van der Waals surface area contributed by atoms with E-state index in [1.807, 2.05) is 6.07 Å². The quantitative estimate of drug-likeness (QED) is 0.254. The van der Waals surface area contributed by atoms with Crippen LogP contribution in [0.5, 0.6) is 5.88 Å². The van der Waals surface area contributed by atoms with E-state index in [-0.39, 0.29) is 23.6 Å².